The third-order valence-corrected chi connectivity index (χ3v) is 3.03. The number of hydrogen-bond acceptors (Lipinski definition) is 6. The predicted molar refractivity (Wildman–Crippen MR) is 84.9 cm³/mol. The number of aromatic nitrogens is 2. The molecule has 0 aromatic carbocycles. The Balaban J connectivity index is 2.88. The van der Waals surface area contributed by atoms with Gasteiger partial charge < -0.3 is 15.6 Å². The molecule has 114 valence electrons. The molecule has 0 amide bonds. The van der Waals surface area contributed by atoms with Gasteiger partial charge in [-0.05, 0) is 34.0 Å². The molecule has 0 radical (unpaired) electrons. The van der Waals surface area contributed by atoms with Crippen LogP contribution in [0, 0.1) is 6.92 Å². The second-order valence-electron chi connectivity index (χ2n) is 6.35. The SMILES string of the molecule is Cc1c(NN)nc(C(C)(C)C)nc1NCCCN(C)C. The van der Waals surface area contributed by atoms with Gasteiger partial charge in [0.2, 0.25) is 0 Å². The zero-order valence-electron chi connectivity index (χ0n) is 13.5. The molecular formula is C14H28N6. The number of nitrogens with zero attached hydrogens (tertiary/aromatic N) is 3. The number of rotatable bonds is 6. The quantitative estimate of drug-likeness (QED) is 0.418. The van der Waals surface area contributed by atoms with Crippen LogP contribution in [0.15, 0.2) is 0 Å². The molecule has 6 nitrogen and oxygen atoms in total. The van der Waals surface area contributed by atoms with Gasteiger partial charge >= 0.3 is 0 Å². The molecular weight excluding hydrogens is 252 g/mol. The van der Waals surface area contributed by atoms with Crippen LogP contribution in [0.3, 0.4) is 0 Å². The lowest BCUT2D eigenvalue weighted by Gasteiger charge is -2.21. The number of nitrogens with one attached hydrogen (secondary N) is 2. The molecule has 0 aliphatic heterocycles. The Kier molecular flexibility index (Phi) is 5.71. The number of nitrogens with two attached hydrogens (primary N) is 1. The molecule has 0 aliphatic rings. The lowest BCUT2D eigenvalue weighted by molar-refractivity contribution is 0.405. The maximum absolute atomic E-state index is 5.55. The minimum atomic E-state index is -0.112. The van der Waals surface area contributed by atoms with Gasteiger partial charge in [0.15, 0.2) is 0 Å². The van der Waals surface area contributed by atoms with E-state index in [0.717, 1.165) is 36.7 Å². The fourth-order valence-electron chi connectivity index (χ4n) is 1.77. The Labute approximate surface area is 122 Å². The van der Waals surface area contributed by atoms with E-state index in [0.29, 0.717) is 5.82 Å². The van der Waals surface area contributed by atoms with Gasteiger partial charge in [0.1, 0.15) is 17.5 Å². The maximum Gasteiger partial charge on any atom is 0.148 e. The van der Waals surface area contributed by atoms with Crippen molar-refractivity contribution >= 4 is 11.6 Å². The van der Waals surface area contributed by atoms with E-state index in [4.69, 9.17) is 5.84 Å². The summed E-state index contributed by atoms with van der Waals surface area (Å²) in [6.45, 7) is 10.2. The second kappa shape index (κ2) is 6.85. The number of anilines is 2. The van der Waals surface area contributed by atoms with Crippen LogP contribution in [0.5, 0.6) is 0 Å². The molecule has 0 saturated heterocycles. The molecule has 4 N–H and O–H groups in total. The van der Waals surface area contributed by atoms with Gasteiger partial charge in [-0.3, -0.25) is 0 Å². The summed E-state index contributed by atoms with van der Waals surface area (Å²) in [7, 11) is 4.15. The van der Waals surface area contributed by atoms with Gasteiger partial charge in [-0.15, -0.1) is 0 Å². The van der Waals surface area contributed by atoms with Crippen LogP contribution in [0.2, 0.25) is 0 Å². The van der Waals surface area contributed by atoms with Gasteiger partial charge in [0.05, 0.1) is 0 Å². The summed E-state index contributed by atoms with van der Waals surface area (Å²) in [4.78, 5) is 11.3. The van der Waals surface area contributed by atoms with Gasteiger partial charge in [-0.1, -0.05) is 20.8 Å². The smallest absolute Gasteiger partial charge is 0.148 e. The van der Waals surface area contributed by atoms with Crippen molar-refractivity contribution < 1.29 is 0 Å². The van der Waals surface area contributed by atoms with E-state index in [2.05, 4.69) is 60.5 Å². The van der Waals surface area contributed by atoms with Crippen molar-refractivity contribution in [3.05, 3.63) is 11.4 Å². The zero-order valence-corrected chi connectivity index (χ0v) is 13.5. The summed E-state index contributed by atoms with van der Waals surface area (Å²) in [6, 6.07) is 0. The van der Waals surface area contributed by atoms with Crippen LogP contribution in [0.25, 0.3) is 0 Å². The highest BCUT2D eigenvalue weighted by atomic mass is 15.3. The normalized spacial score (nSPS) is 11.8. The largest absolute Gasteiger partial charge is 0.370 e. The lowest BCUT2D eigenvalue weighted by Crippen LogP contribution is -2.22. The van der Waals surface area contributed by atoms with Gasteiger partial charge in [0, 0.05) is 17.5 Å². The van der Waals surface area contributed by atoms with Crippen molar-refractivity contribution in [1.82, 2.24) is 14.9 Å². The summed E-state index contributed by atoms with van der Waals surface area (Å²) in [6.07, 6.45) is 1.06. The Morgan fingerprint density at radius 3 is 2.25 bits per heavy atom. The molecule has 20 heavy (non-hydrogen) atoms. The number of hydrazine groups is 1. The Morgan fingerprint density at radius 1 is 1.15 bits per heavy atom. The number of nitrogen functional groups attached to an aromatic ring is 1. The summed E-state index contributed by atoms with van der Waals surface area (Å²) in [5, 5.41) is 3.38. The van der Waals surface area contributed by atoms with Crippen molar-refractivity contribution in [3.8, 4) is 0 Å². The van der Waals surface area contributed by atoms with Crippen molar-refractivity contribution in [2.45, 2.75) is 39.5 Å². The summed E-state index contributed by atoms with van der Waals surface area (Å²) in [5.41, 5.74) is 3.50. The maximum atomic E-state index is 5.55. The van der Waals surface area contributed by atoms with Crippen molar-refractivity contribution in [2.75, 3.05) is 37.9 Å². The minimum Gasteiger partial charge on any atom is -0.370 e. The van der Waals surface area contributed by atoms with Crippen LogP contribution in [-0.4, -0.2) is 42.1 Å². The fourth-order valence-corrected chi connectivity index (χ4v) is 1.77. The van der Waals surface area contributed by atoms with Crippen LogP contribution in [0.4, 0.5) is 11.6 Å². The van der Waals surface area contributed by atoms with Crippen LogP contribution in [0.1, 0.15) is 38.6 Å². The highest BCUT2D eigenvalue weighted by Gasteiger charge is 2.20. The molecule has 0 saturated carbocycles. The van der Waals surface area contributed by atoms with E-state index in [9.17, 15) is 0 Å². The molecule has 0 fully saturated rings. The molecule has 0 aliphatic carbocycles. The van der Waals surface area contributed by atoms with E-state index in [1.807, 2.05) is 6.92 Å². The van der Waals surface area contributed by atoms with Crippen LogP contribution in [-0.2, 0) is 5.41 Å². The average molecular weight is 280 g/mol. The molecule has 1 heterocycles. The summed E-state index contributed by atoms with van der Waals surface area (Å²) in [5.74, 6) is 7.87. The third-order valence-electron chi connectivity index (χ3n) is 3.03. The van der Waals surface area contributed by atoms with Crippen molar-refractivity contribution in [1.29, 1.82) is 0 Å². The molecule has 0 bridgehead atoms. The van der Waals surface area contributed by atoms with E-state index in [1.165, 1.54) is 0 Å². The predicted octanol–water partition coefficient (Wildman–Crippen LogP) is 1.73. The van der Waals surface area contributed by atoms with Crippen LogP contribution < -0.4 is 16.6 Å². The first-order chi connectivity index (χ1) is 9.25. The van der Waals surface area contributed by atoms with E-state index < -0.39 is 0 Å². The fraction of sp³-hybridized carbons (Fsp3) is 0.714. The Bertz CT molecular complexity index is 436. The van der Waals surface area contributed by atoms with Crippen molar-refractivity contribution in [3.63, 3.8) is 0 Å². The van der Waals surface area contributed by atoms with E-state index in [-0.39, 0.29) is 5.41 Å². The van der Waals surface area contributed by atoms with Gasteiger partial charge in [-0.2, -0.15) is 0 Å². The molecule has 6 heteroatoms. The zero-order chi connectivity index (χ0) is 15.3. The molecule has 0 atom stereocenters. The van der Waals surface area contributed by atoms with Gasteiger partial charge in [-0.25, -0.2) is 15.8 Å². The summed E-state index contributed by atoms with van der Waals surface area (Å²) < 4.78 is 0. The monoisotopic (exact) mass is 280 g/mol. The third kappa shape index (κ3) is 4.61. The highest BCUT2D eigenvalue weighted by molar-refractivity contribution is 5.57. The standard InChI is InChI=1S/C14H28N6/c1-10-11(16-8-7-9-20(5)6)17-13(14(2,3)4)18-12(10)19-15/h7-9,15H2,1-6H3,(H2,16,17,18,19). The second-order valence-corrected chi connectivity index (χ2v) is 6.35. The Morgan fingerprint density at radius 2 is 1.75 bits per heavy atom. The Hall–Kier alpha value is -1.40. The number of hydrogen-bond donors (Lipinski definition) is 3. The summed E-state index contributed by atoms with van der Waals surface area (Å²) >= 11 is 0. The lowest BCUT2D eigenvalue weighted by atomic mass is 9.95. The molecule has 1 aromatic heterocycles. The van der Waals surface area contributed by atoms with E-state index >= 15 is 0 Å². The molecule has 1 aromatic rings. The van der Waals surface area contributed by atoms with E-state index in [1.54, 1.807) is 0 Å². The van der Waals surface area contributed by atoms with Crippen molar-refractivity contribution in [2.24, 2.45) is 5.84 Å². The first-order valence-electron chi connectivity index (χ1n) is 7.00. The molecule has 0 unspecified atom stereocenters. The first-order valence-corrected chi connectivity index (χ1v) is 7.00. The van der Waals surface area contributed by atoms with Crippen LogP contribution >= 0.6 is 0 Å². The molecule has 0 spiro atoms. The molecule has 1 rings (SSSR count). The highest BCUT2D eigenvalue weighted by Crippen LogP contribution is 2.25. The average Bonchev–Trinajstić information content (AvgIpc) is 2.34. The first kappa shape index (κ1) is 16.7. The minimum absolute atomic E-state index is 0.112. The topological polar surface area (TPSA) is 79.1 Å². The van der Waals surface area contributed by atoms with Gasteiger partial charge in [0.25, 0.3) is 0 Å².